The number of carbonyl (C=O) groups excluding carboxylic acids is 1. The molecule has 16 heavy (non-hydrogen) atoms. The van der Waals surface area contributed by atoms with Crippen molar-refractivity contribution in [3.05, 3.63) is 42.7 Å². The van der Waals surface area contributed by atoms with Crippen molar-refractivity contribution < 1.29 is 9.18 Å². The first-order valence-corrected chi connectivity index (χ1v) is 5.03. The van der Waals surface area contributed by atoms with Crippen molar-refractivity contribution in [3.63, 3.8) is 0 Å². The van der Waals surface area contributed by atoms with E-state index in [1.807, 2.05) is 6.92 Å². The molecule has 1 rings (SSSR count). The van der Waals surface area contributed by atoms with Gasteiger partial charge in [0, 0.05) is 11.7 Å². The minimum absolute atomic E-state index is 0.0678. The number of rotatable bonds is 5. The number of amides is 1. The molecule has 1 aromatic rings. The van der Waals surface area contributed by atoms with Gasteiger partial charge in [0.2, 0.25) is 5.91 Å². The summed E-state index contributed by atoms with van der Waals surface area (Å²) in [5, 5.41) is 5.53. The van der Waals surface area contributed by atoms with Gasteiger partial charge in [-0.3, -0.25) is 4.79 Å². The predicted octanol–water partition coefficient (Wildman–Crippen LogP) is 1.93. The van der Waals surface area contributed by atoms with Crippen LogP contribution in [0.2, 0.25) is 0 Å². The summed E-state index contributed by atoms with van der Waals surface area (Å²) in [5.74, 6) is -0.579. The van der Waals surface area contributed by atoms with E-state index in [1.54, 1.807) is 18.2 Å². The van der Waals surface area contributed by atoms with Crippen LogP contribution in [0.5, 0.6) is 0 Å². The van der Waals surface area contributed by atoms with Crippen LogP contribution in [0.3, 0.4) is 0 Å². The fourth-order valence-corrected chi connectivity index (χ4v) is 1.11. The largest absolute Gasteiger partial charge is 0.325 e. The van der Waals surface area contributed by atoms with Gasteiger partial charge in [-0.15, -0.1) is 6.58 Å². The highest BCUT2D eigenvalue weighted by atomic mass is 19.1. The molecule has 0 aliphatic rings. The molecule has 0 spiro atoms. The van der Waals surface area contributed by atoms with Crippen molar-refractivity contribution in [3.8, 4) is 0 Å². The maximum Gasteiger partial charge on any atom is 0.238 e. The lowest BCUT2D eigenvalue weighted by molar-refractivity contribution is -0.115. The Morgan fingerprint density at radius 1 is 1.62 bits per heavy atom. The molecule has 1 unspecified atom stereocenters. The molecule has 1 amide bonds. The van der Waals surface area contributed by atoms with Crippen LogP contribution >= 0.6 is 0 Å². The number of carbonyl (C=O) groups is 1. The van der Waals surface area contributed by atoms with Gasteiger partial charge in [-0.1, -0.05) is 12.1 Å². The lowest BCUT2D eigenvalue weighted by Crippen LogP contribution is -2.33. The fourth-order valence-electron chi connectivity index (χ4n) is 1.11. The lowest BCUT2D eigenvalue weighted by atomic mass is 10.3. The molecular formula is C12H15FN2O. The van der Waals surface area contributed by atoms with Crippen LogP contribution in [0.15, 0.2) is 36.9 Å². The SMILES string of the molecule is C=CC(C)NCC(=O)Nc1cccc(F)c1. The van der Waals surface area contributed by atoms with E-state index in [1.165, 1.54) is 12.1 Å². The fraction of sp³-hybridized carbons (Fsp3) is 0.250. The quantitative estimate of drug-likeness (QED) is 0.747. The number of halogens is 1. The normalized spacial score (nSPS) is 11.9. The molecule has 0 saturated carbocycles. The second-order valence-electron chi connectivity index (χ2n) is 3.46. The second-order valence-corrected chi connectivity index (χ2v) is 3.46. The van der Waals surface area contributed by atoms with Gasteiger partial charge in [-0.2, -0.15) is 0 Å². The Balaban J connectivity index is 2.42. The maximum atomic E-state index is 12.8. The molecule has 0 fully saturated rings. The summed E-state index contributed by atoms with van der Waals surface area (Å²) in [6.45, 7) is 5.65. The number of nitrogens with one attached hydrogen (secondary N) is 2. The van der Waals surface area contributed by atoms with Crippen LogP contribution in [0.25, 0.3) is 0 Å². The maximum absolute atomic E-state index is 12.8. The van der Waals surface area contributed by atoms with Crippen LogP contribution in [-0.2, 0) is 4.79 Å². The third-order valence-electron chi connectivity index (χ3n) is 2.05. The van der Waals surface area contributed by atoms with Gasteiger partial charge >= 0.3 is 0 Å². The highest BCUT2D eigenvalue weighted by Crippen LogP contribution is 2.08. The molecule has 0 aromatic heterocycles. The Hall–Kier alpha value is -1.68. The first kappa shape index (κ1) is 12.4. The third kappa shape index (κ3) is 4.23. The second kappa shape index (κ2) is 6.02. The van der Waals surface area contributed by atoms with Gasteiger partial charge in [0.1, 0.15) is 5.82 Å². The van der Waals surface area contributed by atoms with E-state index in [2.05, 4.69) is 17.2 Å². The molecule has 0 aliphatic carbocycles. The van der Waals surface area contributed by atoms with Crippen molar-refractivity contribution >= 4 is 11.6 Å². The minimum Gasteiger partial charge on any atom is -0.325 e. The molecule has 1 aromatic carbocycles. The summed E-state index contributed by atoms with van der Waals surface area (Å²) >= 11 is 0. The molecule has 4 heteroatoms. The molecule has 0 heterocycles. The molecule has 0 saturated heterocycles. The molecule has 3 nitrogen and oxygen atoms in total. The summed E-state index contributed by atoms with van der Waals surface area (Å²) < 4.78 is 12.8. The summed E-state index contributed by atoms with van der Waals surface area (Å²) in [7, 11) is 0. The highest BCUT2D eigenvalue weighted by Gasteiger charge is 2.03. The standard InChI is InChI=1S/C12H15FN2O/c1-3-9(2)14-8-12(16)15-11-6-4-5-10(13)7-11/h3-7,9,14H,1,8H2,2H3,(H,15,16). The number of hydrogen-bond donors (Lipinski definition) is 2. The van der Waals surface area contributed by atoms with Crippen LogP contribution in [0.1, 0.15) is 6.92 Å². The number of benzene rings is 1. The van der Waals surface area contributed by atoms with Gasteiger partial charge in [-0.25, -0.2) is 4.39 Å². The van der Waals surface area contributed by atoms with E-state index in [0.717, 1.165) is 0 Å². The van der Waals surface area contributed by atoms with Crippen LogP contribution < -0.4 is 10.6 Å². The smallest absolute Gasteiger partial charge is 0.238 e. The van der Waals surface area contributed by atoms with E-state index in [4.69, 9.17) is 0 Å². The van der Waals surface area contributed by atoms with Gasteiger partial charge in [0.05, 0.1) is 6.54 Å². The molecule has 0 aliphatic heterocycles. The zero-order chi connectivity index (χ0) is 12.0. The Labute approximate surface area is 94.4 Å². The minimum atomic E-state index is -0.370. The van der Waals surface area contributed by atoms with Crippen molar-refractivity contribution in [1.82, 2.24) is 5.32 Å². The van der Waals surface area contributed by atoms with Gasteiger partial charge < -0.3 is 10.6 Å². The van der Waals surface area contributed by atoms with Crippen LogP contribution in [-0.4, -0.2) is 18.5 Å². The molecule has 86 valence electrons. The summed E-state index contributed by atoms with van der Waals surface area (Å²) in [4.78, 5) is 11.4. The average Bonchev–Trinajstić information content (AvgIpc) is 2.26. The van der Waals surface area contributed by atoms with E-state index < -0.39 is 0 Å². The number of hydrogen-bond acceptors (Lipinski definition) is 2. The molecule has 2 N–H and O–H groups in total. The zero-order valence-corrected chi connectivity index (χ0v) is 9.16. The van der Waals surface area contributed by atoms with Gasteiger partial charge in [-0.05, 0) is 25.1 Å². The molecule has 0 radical (unpaired) electrons. The molecule has 0 bridgehead atoms. The molecule has 1 atom stereocenters. The van der Waals surface area contributed by atoms with E-state index in [-0.39, 0.29) is 24.3 Å². The van der Waals surface area contributed by atoms with E-state index in [0.29, 0.717) is 5.69 Å². The van der Waals surface area contributed by atoms with Crippen molar-refractivity contribution in [1.29, 1.82) is 0 Å². The zero-order valence-electron chi connectivity index (χ0n) is 9.16. The summed E-state index contributed by atoms with van der Waals surface area (Å²) in [6.07, 6.45) is 1.70. The van der Waals surface area contributed by atoms with Crippen LogP contribution in [0, 0.1) is 5.82 Å². The molecular weight excluding hydrogens is 207 g/mol. The Morgan fingerprint density at radius 2 is 2.38 bits per heavy atom. The average molecular weight is 222 g/mol. The monoisotopic (exact) mass is 222 g/mol. The van der Waals surface area contributed by atoms with Gasteiger partial charge in [0.15, 0.2) is 0 Å². The summed E-state index contributed by atoms with van der Waals surface area (Å²) in [5.41, 5.74) is 0.457. The third-order valence-corrected chi connectivity index (χ3v) is 2.05. The summed E-state index contributed by atoms with van der Waals surface area (Å²) in [6, 6.07) is 5.85. The number of anilines is 1. The highest BCUT2D eigenvalue weighted by molar-refractivity contribution is 5.92. The van der Waals surface area contributed by atoms with E-state index >= 15 is 0 Å². The van der Waals surface area contributed by atoms with Crippen LogP contribution in [0.4, 0.5) is 10.1 Å². The van der Waals surface area contributed by atoms with Crippen molar-refractivity contribution in [2.45, 2.75) is 13.0 Å². The van der Waals surface area contributed by atoms with Crippen molar-refractivity contribution in [2.75, 3.05) is 11.9 Å². The lowest BCUT2D eigenvalue weighted by Gasteiger charge is -2.09. The van der Waals surface area contributed by atoms with Crippen molar-refractivity contribution in [2.24, 2.45) is 0 Å². The van der Waals surface area contributed by atoms with E-state index in [9.17, 15) is 9.18 Å². The Morgan fingerprint density at radius 3 is 3.00 bits per heavy atom. The Bertz CT molecular complexity index is 379. The first-order chi connectivity index (χ1) is 7.61. The predicted molar refractivity (Wildman–Crippen MR) is 62.7 cm³/mol. The van der Waals surface area contributed by atoms with Gasteiger partial charge in [0.25, 0.3) is 0 Å². The Kier molecular flexibility index (Phi) is 4.66. The first-order valence-electron chi connectivity index (χ1n) is 5.03. The topological polar surface area (TPSA) is 41.1 Å².